The van der Waals surface area contributed by atoms with Crippen LogP contribution in [0.3, 0.4) is 0 Å². The van der Waals surface area contributed by atoms with Crippen LogP contribution in [0.15, 0.2) is 41.3 Å². The average molecular weight is 438 g/mol. The third-order valence-electron chi connectivity index (χ3n) is 5.16. The van der Waals surface area contributed by atoms with Gasteiger partial charge in [-0.3, -0.25) is 4.79 Å². The summed E-state index contributed by atoms with van der Waals surface area (Å²) in [4.78, 5) is 12.5. The zero-order chi connectivity index (χ0) is 21.3. The molecule has 2 aliphatic heterocycles. The number of hydrogen-bond donors (Lipinski definition) is 1. The van der Waals surface area contributed by atoms with Crippen LogP contribution in [-0.2, 0) is 14.8 Å². The van der Waals surface area contributed by atoms with E-state index in [1.807, 2.05) is 0 Å². The molecule has 0 aliphatic carbocycles. The second-order valence-corrected chi connectivity index (χ2v) is 9.04. The topological polar surface area (TPSA) is 84.9 Å². The maximum Gasteiger partial charge on any atom is 0.243 e. The first-order valence-electron chi connectivity index (χ1n) is 9.50. The Balaban J connectivity index is 1.39. The lowest BCUT2D eigenvalue weighted by Gasteiger charge is -2.30. The van der Waals surface area contributed by atoms with Crippen molar-refractivity contribution in [3.63, 3.8) is 0 Å². The van der Waals surface area contributed by atoms with Crippen LogP contribution in [0.4, 0.5) is 14.5 Å². The number of ether oxygens (including phenoxy) is 2. The number of sulfonamides is 1. The van der Waals surface area contributed by atoms with Crippen LogP contribution in [-0.4, -0.2) is 44.9 Å². The first-order chi connectivity index (χ1) is 14.3. The van der Waals surface area contributed by atoms with Crippen LogP contribution in [0, 0.1) is 17.6 Å². The Labute approximate surface area is 172 Å². The lowest BCUT2D eigenvalue weighted by atomic mass is 9.97. The van der Waals surface area contributed by atoms with Gasteiger partial charge in [-0.2, -0.15) is 4.31 Å². The Morgan fingerprint density at radius 3 is 2.37 bits per heavy atom. The smallest absolute Gasteiger partial charge is 0.243 e. The van der Waals surface area contributed by atoms with Gasteiger partial charge < -0.3 is 14.8 Å². The van der Waals surface area contributed by atoms with Crippen molar-refractivity contribution in [1.82, 2.24) is 4.31 Å². The van der Waals surface area contributed by atoms with Gasteiger partial charge in [0.2, 0.25) is 15.9 Å². The summed E-state index contributed by atoms with van der Waals surface area (Å²) in [7, 11) is -3.74. The molecule has 0 saturated carbocycles. The van der Waals surface area contributed by atoms with Crippen molar-refractivity contribution < 1.29 is 31.5 Å². The molecule has 2 heterocycles. The summed E-state index contributed by atoms with van der Waals surface area (Å²) in [6.45, 7) is 1.12. The molecular weight excluding hydrogens is 418 g/mol. The van der Waals surface area contributed by atoms with Gasteiger partial charge in [0, 0.05) is 36.8 Å². The number of nitrogens with zero attached hydrogens (tertiary/aromatic N) is 1. The van der Waals surface area contributed by atoms with Crippen LogP contribution >= 0.6 is 0 Å². The van der Waals surface area contributed by atoms with Gasteiger partial charge in [0.05, 0.1) is 4.90 Å². The summed E-state index contributed by atoms with van der Waals surface area (Å²) in [5.74, 6) is -1.92. The number of fused-ring (bicyclic) bond motifs is 1. The minimum absolute atomic E-state index is 0.108. The molecule has 7 nitrogen and oxygen atoms in total. The first-order valence-corrected chi connectivity index (χ1v) is 10.9. The Morgan fingerprint density at radius 2 is 1.67 bits per heavy atom. The highest BCUT2D eigenvalue weighted by molar-refractivity contribution is 7.89. The van der Waals surface area contributed by atoms with Gasteiger partial charge in [-0.1, -0.05) is 0 Å². The molecule has 1 N–H and O–H groups in total. The van der Waals surface area contributed by atoms with E-state index in [0.717, 1.165) is 12.1 Å². The van der Waals surface area contributed by atoms with Gasteiger partial charge >= 0.3 is 0 Å². The van der Waals surface area contributed by atoms with E-state index in [4.69, 9.17) is 9.47 Å². The van der Waals surface area contributed by atoms with E-state index in [-0.39, 0.29) is 29.6 Å². The van der Waals surface area contributed by atoms with E-state index in [0.29, 0.717) is 37.6 Å². The van der Waals surface area contributed by atoms with Gasteiger partial charge in [-0.05, 0) is 37.1 Å². The van der Waals surface area contributed by atoms with E-state index in [1.165, 1.54) is 22.5 Å². The van der Waals surface area contributed by atoms with Crippen molar-refractivity contribution in [2.75, 3.05) is 31.6 Å². The summed E-state index contributed by atoms with van der Waals surface area (Å²) in [6, 6.07) is 7.62. The Bertz CT molecular complexity index is 1070. The van der Waals surface area contributed by atoms with Crippen molar-refractivity contribution in [1.29, 1.82) is 0 Å². The maximum absolute atomic E-state index is 13.3. The number of benzene rings is 2. The Hall–Kier alpha value is -2.72. The normalized spacial score (nSPS) is 17.5. The molecule has 2 aromatic rings. The van der Waals surface area contributed by atoms with Gasteiger partial charge in [0.25, 0.3) is 0 Å². The molecule has 4 rings (SSSR count). The fourth-order valence-corrected chi connectivity index (χ4v) is 5.00. The van der Waals surface area contributed by atoms with Gasteiger partial charge in [-0.25, -0.2) is 17.2 Å². The number of anilines is 1. The second kappa shape index (κ2) is 8.19. The van der Waals surface area contributed by atoms with Gasteiger partial charge in [0.15, 0.2) is 23.1 Å². The molecule has 2 aromatic carbocycles. The highest BCUT2D eigenvalue weighted by atomic mass is 32.2. The quantitative estimate of drug-likeness (QED) is 0.794. The molecule has 1 fully saturated rings. The summed E-state index contributed by atoms with van der Waals surface area (Å²) in [5.41, 5.74) is 0.158. The third kappa shape index (κ3) is 4.10. The van der Waals surface area contributed by atoms with E-state index >= 15 is 0 Å². The van der Waals surface area contributed by atoms with Crippen molar-refractivity contribution in [3.8, 4) is 11.5 Å². The number of piperidine rings is 1. The summed E-state index contributed by atoms with van der Waals surface area (Å²) < 4.78 is 64.4. The molecule has 0 atom stereocenters. The highest BCUT2D eigenvalue weighted by Crippen LogP contribution is 2.34. The lowest BCUT2D eigenvalue weighted by Crippen LogP contribution is -2.41. The molecule has 0 bridgehead atoms. The van der Waals surface area contributed by atoms with Crippen LogP contribution < -0.4 is 14.8 Å². The molecule has 2 aliphatic rings. The number of carbonyl (C=O) groups is 1. The predicted octanol–water partition coefficient (Wildman–Crippen LogP) is 2.78. The molecule has 30 heavy (non-hydrogen) atoms. The Kier molecular flexibility index (Phi) is 5.61. The van der Waals surface area contributed by atoms with E-state index in [1.54, 1.807) is 6.07 Å². The third-order valence-corrected chi connectivity index (χ3v) is 7.06. The standard InChI is InChI=1S/C20H20F2N2O5S/c21-16-3-1-14(11-17(16)22)23-20(25)13-5-7-24(8-6-13)30(26,27)15-2-4-18-19(12-15)29-10-9-28-18/h1-4,11-13H,5-10H2,(H,23,25). The zero-order valence-corrected chi connectivity index (χ0v) is 16.8. The largest absolute Gasteiger partial charge is 0.486 e. The molecule has 10 heteroatoms. The number of amides is 1. The van der Waals surface area contributed by atoms with Gasteiger partial charge in [0.1, 0.15) is 13.2 Å². The monoisotopic (exact) mass is 438 g/mol. The molecule has 0 unspecified atom stereocenters. The zero-order valence-electron chi connectivity index (χ0n) is 15.9. The Morgan fingerprint density at radius 1 is 0.967 bits per heavy atom. The molecule has 1 amide bonds. The molecule has 1 saturated heterocycles. The van der Waals surface area contributed by atoms with Crippen LogP contribution in [0.5, 0.6) is 11.5 Å². The fourth-order valence-electron chi connectivity index (χ4n) is 3.51. The minimum Gasteiger partial charge on any atom is -0.486 e. The molecule has 160 valence electrons. The number of carbonyl (C=O) groups excluding carboxylic acids is 1. The second-order valence-electron chi connectivity index (χ2n) is 7.10. The van der Waals surface area contributed by atoms with E-state index in [2.05, 4.69) is 5.32 Å². The summed E-state index contributed by atoms with van der Waals surface area (Å²) in [6.07, 6.45) is 0.637. The SMILES string of the molecule is O=C(Nc1ccc(F)c(F)c1)C1CCN(S(=O)(=O)c2ccc3c(c2)OCCO3)CC1. The van der Waals surface area contributed by atoms with Crippen LogP contribution in [0.25, 0.3) is 0 Å². The summed E-state index contributed by atoms with van der Waals surface area (Å²) >= 11 is 0. The van der Waals surface area contributed by atoms with Crippen molar-refractivity contribution in [2.24, 2.45) is 5.92 Å². The van der Waals surface area contributed by atoms with Crippen molar-refractivity contribution in [3.05, 3.63) is 48.0 Å². The predicted molar refractivity (Wildman–Crippen MR) is 104 cm³/mol. The maximum atomic E-state index is 13.3. The minimum atomic E-state index is -3.74. The van der Waals surface area contributed by atoms with E-state index in [9.17, 15) is 22.0 Å². The first kappa shape index (κ1) is 20.5. The number of nitrogens with one attached hydrogen (secondary N) is 1. The van der Waals surface area contributed by atoms with Crippen molar-refractivity contribution >= 4 is 21.6 Å². The number of rotatable bonds is 4. The van der Waals surface area contributed by atoms with Crippen molar-refractivity contribution in [2.45, 2.75) is 17.7 Å². The van der Waals surface area contributed by atoms with Crippen LogP contribution in [0.1, 0.15) is 12.8 Å². The average Bonchev–Trinajstić information content (AvgIpc) is 2.76. The summed E-state index contributed by atoms with van der Waals surface area (Å²) in [5, 5.41) is 2.56. The lowest BCUT2D eigenvalue weighted by molar-refractivity contribution is -0.120. The number of hydrogen-bond acceptors (Lipinski definition) is 5. The highest BCUT2D eigenvalue weighted by Gasteiger charge is 2.33. The molecule has 0 spiro atoms. The van der Waals surface area contributed by atoms with E-state index < -0.39 is 27.6 Å². The number of halogens is 2. The molecule has 0 radical (unpaired) electrons. The molecular formula is C20H20F2N2O5S. The fraction of sp³-hybridized carbons (Fsp3) is 0.350. The van der Waals surface area contributed by atoms with Crippen LogP contribution in [0.2, 0.25) is 0 Å². The molecule has 0 aromatic heterocycles. The van der Waals surface area contributed by atoms with Gasteiger partial charge in [-0.15, -0.1) is 0 Å².